The second-order valence-corrected chi connectivity index (χ2v) is 5.18. The van der Waals surface area contributed by atoms with E-state index in [0.717, 1.165) is 16.9 Å². The van der Waals surface area contributed by atoms with Crippen molar-refractivity contribution in [3.05, 3.63) is 64.7 Å². The SMILES string of the molecule is N=C(N)c1ccc(COc2ccc3c(c2)CCC3)cc1. The molecular weight excluding hydrogens is 248 g/mol. The number of nitrogen functional groups attached to an aromatic ring is 1. The number of fused-ring (bicyclic) bond motifs is 1. The van der Waals surface area contributed by atoms with Gasteiger partial charge in [-0.05, 0) is 48.1 Å². The summed E-state index contributed by atoms with van der Waals surface area (Å²) in [5.74, 6) is 1.03. The zero-order valence-electron chi connectivity index (χ0n) is 11.4. The molecule has 0 aromatic heterocycles. The van der Waals surface area contributed by atoms with E-state index in [2.05, 4.69) is 12.1 Å². The minimum absolute atomic E-state index is 0.0936. The van der Waals surface area contributed by atoms with Crippen LogP contribution >= 0.6 is 0 Å². The van der Waals surface area contributed by atoms with Gasteiger partial charge in [-0.2, -0.15) is 0 Å². The van der Waals surface area contributed by atoms with Gasteiger partial charge in [0.2, 0.25) is 0 Å². The van der Waals surface area contributed by atoms with Gasteiger partial charge in [-0.3, -0.25) is 5.41 Å². The second-order valence-electron chi connectivity index (χ2n) is 5.18. The Labute approximate surface area is 118 Å². The van der Waals surface area contributed by atoms with Crippen molar-refractivity contribution in [3.8, 4) is 5.75 Å². The molecule has 0 aliphatic heterocycles. The molecule has 0 unspecified atom stereocenters. The second kappa shape index (κ2) is 5.37. The molecule has 102 valence electrons. The van der Waals surface area contributed by atoms with Crippen molar-refractivity contribution in [2.24, 2.45) is 5.73 Å². The lowest BCUT2D eigenvalue weighted by Gasteiger charge is -2.08. The summed E-state index contributed by atoms with van der Waals surface area (Å²) >= 11 is 0. The minimum Gasteiger partial charge on any atom is -0.489 e. The Morgan fingerprint density at radius 3 is 2.55 bits per heavy atom. The maximum Gasteiger partial charge on any atom is 0.122 e. The van der Waals surface area contributed by atoms with Gasteiger partial charge < -0.3 is 10.5 Å². The number of amidine groups is 1. The Morgan fingerprint density at radius 1 is 1.05 bits per heavy atom. The fourth-order valence-corrected chi connectivity index (χ4v) is 2.59. The number of nitrogens with two attached hydrogens (primary N) is 1. The molecule has 1 aliphatic rings. The van der Waals surface area contributed by atoms with Crippen LogP contribution in [0.5, 0.6) is 5.75 Å². The average molecular weight is 266 g/mol. The van der Waals surface area contributed by atoms with Gasteiger partial charge in [0.15, 0.2) is 0 Å². The predicted molar refractivity (Wildman–Crippen MR) is 80.3 cm³/mol. The van der Waals surface area contributed by atoms with E-state index in [1.165, 1.54) is 30.4 Å². The number of rotatable bonds is 4. The highest BCUT2D eigenvalue weighted by atomic mass is 16.5. The summed E-state index contributed by atoms with van der Waals surface area (Å²) in [6.07, 6.45) is 3.62. The lowest BCUT2D eigenvalue weighted by molar-refractivity contribution is 0.306. The third-order valence-electron chi connectivity index (χ3n) is 3.74. The molecule has 0 saturated carbocycles. The van der Waals surface area contributed by atoms with Gasteiger partial charge >= 0.3 is 0 Å². The lowest BCUT2D eigenvalue weighted by atomic mass is 10.1. The van der Waals surface area contributed by atoms with Crippen molar-refractivity contribution in [3.63, 3.8) is 0 Å². The summed E-state index contributed by atoms with van der Waals surface area (Å²) in [6.45, 7) is 0.539. The monoisotopic (exact) mass is 266 g/mol. The van der Waals surface area contributed by atoms with Crippen LogP contribution in [-0.2, 0) is 19.4 Å². The zero-order valence-corrected chi connectivity index (χ0v) is 11.4. The van der Waals surface area contributed by atoms with Gasteiger partial charge in [-0.15, -0.1) is 0 Å². The van der Waals surface area contributed by atoms with Gasteiger partial charge in [0.1, 0.15) is 18.2 Å². The summed E-state index contributed by atoms with van der Waals surface area (Å²) in [4.78, 5) is 0. The standard InChI is InChI=1S/C17H18N2O/c18-17(19)14-6-4-12(5-7-14)11-20-16-9-8-13-2-1-3-15(13)10-16/h4-10H,1-3,11H2,(H3,18,19). The molecule has 0 fully saturated rings. The highest BCUT2D eigenvalue weighted by Gasteiger charge is 2.11. The fraction of sp³-hybridized carbons (Fsp3) is 0.235. The van der Waals surface area contributed by atoms with E-state index in [1.54, 1.807) is 0 Å². The normalized spacial score (nSPS) is 13.0. The zero-order chi connectivity index (χ0) is 13.9. The van der Waals surface area contributed by atoms with Crippen LogP contribution in [0.15, 0.2) is 42.5 Å². The molecular formula is C17H18N2O. The van der Waals surface area contributed by atoms with E-state index in [9.17, 15) is 0 Å². The van der Waals surface area contributed by atoms with Gasteiger partial charge in [0.05, 0.1) is 0 Å². The van der Waals surface area contributed by atoms with Gasteiger partial charge in [0.25, 0.3) is 0 Å². The molecule has 0 heterocycles. The van der Waals surface area contributed by atoms with E-state index in [0.29, 0.717) is 6.61 Å². The number of benzene rings is 2. The van der Waals surface area contributed by atoms with Crippen LogP contribution in [-0.4, -0.2) is 5.84 Å². The van der Waals surface area contributed by atoms with Crippen molar-refractivity contribution < 1.29 is 4.74 Å². The van der Waals surface area contributed by atoms with E-state index in [1.807, 2.05) is 30.3 Å². The van der Waals surface area contributed by atoms with Crippen molar-refractivity contribution in [2.75, 3.05) is 0 Å². The van der Waals surface area contributed by atoms with Crippen LogP contribution in [0.2, 0.25) is 0 Å². The molecule has 3 N–H and O–H groups in total. The van der Waals surface area contributed by atoms with Crippen molar-refractivity contribution in [1.29, 1.82) is 5.41 Å². The summed E-state index contributed by atoms with van der Waals surface area (Å²) in [6, 6.07) is 14.0. The molecule has 3 rings (SSSR count). The van der Waals surface area contributed by atoms with Crippen LogP contribution in [0.1, 0.15) is 28.7 Å². The molecule has 0 radical (unpaired) electrons. The quantitative estimate of drug-likeness (QED) is 0.660. The van der Waals surface area contributed by atoms with Crippen LogP contribution in [0.25, 0.3) is 0 Å². The number of nitrogens with one attached hydrogen (secondary N) is 1. The summed E-state index contributed by atoms with van der Waals surface area (Å²) < 4.78 is 5.83. The molecule has 0 saturated heterocycles. The summed E-state index contributed by atoms with van der Waals surface area (Å²) in [5, 5.41) is 7.36. The first-order valence-corrected chi connectivity index (χ1v) is 6.90. The topological polar surface area (TPSA) is 59.1 Å². The molecule has 0 spiro atoms. The molecule has 3 nitrogen and oxygen atoms in total. The molecule has 3 heteroatoms. The third kappa shape index (κ3) is 2.67. The van der Waals surface area contributed by atoms with E-state index in [-0.39, 0.29) is 5.84 Å². The van der Waals surface area contributed by atoms with Crippen molar-refractivity contribution in [2.45, 2.75) is 25.9 Å². The first kappa shape index (κ1) is 12.7. The number of hydrogen-bond acceptors (Lipinski definition) is 2. The van der Waals surface area contributed by atoms with Gasteiger partial charge in [-0.1, -0.05) is 30.3 Å². The average Bonchev–Trinajstić information content (AvgIpc) is 2.93. The third-order valence-corrected chi connectivity index (χ3v) is 3.74. The molecule has 20 heavy (non-hydrogen) atoms. The van der Waals surface area contributed by atoms with Crippen LogP contribution in [0.3, 0.4) is 0 Å². The molecule has 0 atom stereocenters. The first-order chi connectivity index (χ1) is 9.72. The molecule has 0 amide bonds. The van der Waals surface area contributed by atoms with E-state index < -0.39 is 0 Å². The molecule has 2 aromatic carbocycles. The summed E-state index contributed by atoms with van der Waals surface area (Å²) in [5.41, 5.74) is 10.1. The minimum atomic E-state index is 0.0936. The Hall–Kier alpha value is -2.29. The maximum absolute atomic E-state index is 7.36. The largest absolute Gasteiger partial charge is 0.489 e. The Bertz CT molecular complexity index is 632. The molecule has 0 bridgehead atoms. The van der Waals surface area contributed by atoms with Gasteiger partial charge in [0, 0.05) is 5.56 Å². The molecule has 1 aliphatic carbocycles. The summed E-state index contributed by atoms with van der Waals surface area (Å²) in [7, 11) is 0. The van der Waals surface area contributed by atoms with Crippen molar-refractivity contribution in [1.82, 2.24) is 0 Å². The predicted octanol–water partition coefficient (Wildman–Crippen LogP) is 3.04. The van der Waals surface area contributed by atoms with Gasteiger partial charge in [-0.25, -0.2) is 0 Å². The first-order valence-electron chi connectivity index (χ1n) is 6.90. The highest BCUT2D eigenvalue weighted by molar-refractivity contribution is 5.94. The number of ether oxygens (including phenoxy) is 1. The number of aryl methyl sites for hydroxylation is 2. The Morgan fingerprint density at radius 2 is 1.80 bits per heavy atom. The Kier molecular flexibility index (Phi) is 3.42. The van der Waals surface area contributed by atoms with Crippen molar-refractivity contribution >= 4 is 5.84 Å². The molecule has 2 aromatic rings. The Balaban J connectivity index is 1.65. The smallest absolute Gasteiger partial charge is 0.122 e. The van der Waals surface area contributed by atoms with Crippen LogP contribution < -0.4 is 10.5 Å². The lowest BCUT2D eigenvalue weighted by Crippen LogP contribution is -2.10. The fourth-order valence-electron chi connectivity index (χ4n) is 2.59. The number of hydrogen-bond donors (Lipinski definition) is 2. The van der Waals surface area contributed by atoms with E-state index >= 15 is 0 Å². The van der Waals surface area contributed by atoms with E-state index in [4.69, 9.17) is 15.9 Å². The highest BCUT2D eigenvalue weighted by Crippen LogP contribution is 2.26. The van der Waals surface area contributed by atoms with Crippen LogP contribution in [0.4, 0.5) is 0 Å². The van der Waals surface area contributed by atoms with Crippen LogP contribution in [0, 0.1) is 5.41 Å². The maximum atomic E-state index is 7.36.